The first kappa shape index (κ1) is 24.4. The van der Waals surface area contributed by atoms with Gasteiger partial charge in [0.1, 0.15) is 9.84 Å². The van der Waals surface area contributed by atoms with E-state index >= 15 is 0 Å². The SMILES string of the molecule is CN=C(NCc1ccc(NC(=O)OC)cc1)NC(C)CCS(C)(=O)=O.I. The third-order valence-corrected chi connectivity index (χ3v) is 4.35. The second kappa shape index (κ2) is 11.9. The van der Waals surface area contributed by atoms with E-state index in [1.807, 2.05) is 19.1 Å². The lowest BCUT2D eigenvalue weighted by atomic mass is 10.2. The molecule has 26 heavy (non-hydrogen) atoms. The molecule has 1 amide bonds. The van der Waals surface area contributed by atoms with E-state index in [2.05, 4.69) is 25.7 Å². The summed E-state index contributed by atoms with van der Waals surface area (Å²) in [6.07, 6.45) is 1.22. The number of aliphatic imine (C=N–C) groups is 1. The number of benzene rings is 1. The lowest BCUT2D eigenvalue weighted by Crippen LogP contribution is -2.42. The van der Waals surface area contributed by atoms with Crippen molar-refractivity contribution in [1.29, 1.82) is 0 Å². The Labute approximate surface area is 172 Å². The molecule has 8 nitrogen and oxygen atoms in total. The lowest BCUT2D eigenvalue weighted by Gasteiger charge is -2.17. The first-order valence-corrected chi connectivity index (χ1v) is 9.88. The van der Waals surface area contributed by atoms with Gasteiger partial charge in [-0.3, -0.25) is 10.3 Å². The molecule has 148 valence electrons. The number of halogens is 1. The number of guanidine groups is 1. The van der Waals surface area contributed by atoms with E-state index < -0.39 is 15.9 Å². The zero-order valence-corrected chi connectivity index (χ0v) is 18.6. The number of nitrogens with zero attached hydrogens (tertiary/aromatic N) is 1. The Balaban J connectivity index is 0.00000625. The van der Waals surface area contributed by atoms with E-state index in [0.29, 0.717) is 24.6 Å². The number of carbonyl (C=O) groups excluding carboxylic acids is 1. The van der Waals surface area contributed by atoms with Crippen molar-refractivity contribution in [3.8, 4) is 0 Å². The predicted molar refractivity (Wildman–Crippen MR) is 115 cm³/mol. The Morgan fingerprint density at radius 3 is 2.38 bits per heavy atom. The molecule has 0 aliphatic rings. The molecule has 1 unspecified atom stereocenters. The van der Waals surface area contributed by atoms with Crippen LogP contribution in [-0.4, -0.2) is 52.7 Å². The average molecular weight is 498 g/mol. The molecule has 1 aromatic rings. The fourth-order valence-corrected chi connectivity index (χ4v) is 2.73. The monoisotopic (exact) mass is 498 g/mol. The summed E-state index contributed by atoms with van der Waals surface area (Å²) in [4.78, 5) is 15.3. The maximum Gasteiger partial charge on any atom is 0.411 e. The molecule has 0 aliphatic heterocycles. The van der Waals surface area contributed by atoms with E-state index in [0.717, 1.165) is 5.56 Å². The average Bonchev–Trinajstić information content (AvgIpc) is 2.57. The Hall–Kier alpha value is -1.56. The summed E-state index contributed by atoms with van der Waals surface area (Å²) in [5, 5.41) is 8.90. The van der Waals surface area contributed by atoms with Crippen LogP contribution in [0.1, 0.15) is 18.9 Å². The van der Waals surface area contributed by atoms with Crippen LogP contribution in [0.4, 0.5) is 10.5 Å². The van der Waals surface area contributed by atoms with E-state index in [4.69, 9.17) is 0 Å². The number of nitrogens with one attached hydrogen (secondary N) is 3. The predicted octanol–water partition coefficient (Wildman–Crippen LogP) is 1.97. The van der Waals surface area contributed by atoms with Crippen molar-refractivity contribution in [2.75, 3.05) is 31.5 Å². The van der Waals surface area contributed by atoms with Gasteiger partial charge in [0.15, 0.2) is 5.96 Å². The first-order valence-electron chi connectivity index (χ1n) is 7.82. The molecule has 0 spiro atoms. The zero-order chi connectivity index (χ0) is 18.9. The lowest BCUT2D eigenvalue weighted by molar-refractivity contribution is 0.187. The van der Waals surface area contributed by atoms with Crippen molar-refractivity contribution >= 4 is 51.6 Å². The molecular weight excluding hydrogens is 471 g/mol. The van der Waals surface area contributed by atoms with Crippen LogP contribution in [-0.2, 0) is 21.1 Å². The van der Waals surface area contributed by atoms with E-state index in [1.165, 1.54) is 13.4 Å². The number of methoxy groups -OCH3 is 1. The van der Waals surface area contributed by atoms with Crippen molar-refractivity contribution in [1.82, 2.24) is 10.6 Å². The van der Waals surface area contributed by atoms with Gasteiger partial charge in [0.05, 0.1) is 12.9 Å². The number of amides is 1. The molecule has 0 aromatic heterocycles. The highest BCUT2D eigenvalue weighted by Crippen LogP contribution is 2.09. The molecule has 1 rings (SSSR count). The summed E-state index contributed by atoms with van der Waals surface area (Å²) in [6, 6.07) is 7.28. The number of carbonyl (C=O) groups is 1. The van der Waals surface area contributed by atoms with Gasteiger partial charge < -0.3 is 15.4 Å². The molecule has 0 bridgehead atoms. The van der Waals surface area contributed by atoms with Gasteiger partial charge in [0.2, 0.25) is 0 Å². The van der Waals surface area contributed by atoms with Crippen molar-refractivity contribution in [2.45, 2.75) is 25.9 Å². The van der Waals surface area contributed by atoms with Crippen LogP contribution >= 0.6 is 24.0 Å². The molecule has 0 saturated heterocycles. The number of anilines is 1. The molecule has 1 atom stereocenters. The fourth-order valence-electron chi connectivity index (χ4n) is 1.95. The van der Waals surface area contributed by atoms with E-state index in [1.54, 1.807) is 19.2 Å². The minimum Gasteiger partial charge on any atom is -0.453 e. The standard InChI is InChI=1S/C16H26N4O4S.HI/c1-12(9-10-25(4,22)23)19-15(17-2)18-11-13-5-7-14(8-6-13)20-16(21)24-3;/h5-8,12H,9-11H2,1-4H3,(H,20,21)(H2,17,18,19);1H. The number of ether oxygens (including phenoxy) is 1. The molecule has 0 radical (unpaired) electrons. The van der Waals surface area contributed by atoms with Crippen LogP contribution in [0.25, 0.3) is 0 Å². The van der Waals surface area contributed by atoms with Gasteiger partial charge in [-0.05, 0) is 31.0 Å². The Kier molecular flexibility index (Phi) is 11.2. The number of sulfone groups is 1. The van der Waals surface area contributed by atoms with E-state index in [9.17, 15) is 13.2 Å². The van der Waals surface area contributed by atoms with Gasteiger partial charge in [-0.15, -0.1) is 24.0 Å². The van der Waals surface area contributed by atoms with E-state index in [-0.39, 0.29) is 35.8 Å². The highest BCUT2D eigenvalue weighted by molar-refractivity contribution is 14.0. The molecule has 0 heterocycles. The van der Waals surface area contributed by atoms with Gasteiger partial charge in [-0.1, -0.05) is 12.1 Å². The second-order valence-corrected chi connectivity index (χ2v) is 7.96. The molecule has 1 aromatic carbocycles. The summed E-state index contributed by atoms with van der Waals surface area (Å²) < 4.78 is 26.9. The maximum absolute atomic E-state index is 11.2. The summed E-state index contributed by atoms with van der Waals surface area (Å²) in [5.74, 6) is 0.727. The van der Waals surface area contributed by atoms with Gasteiger partial charge in [0, 0.05) is 31.6 Å². The molecule has 10 heteroatoms. The fraction of sp³-hybridized carbons (Fsp3) is 0.500. The molecule has 0 saturated carbocycles. The molecule has 3 N–H and O–H groups in total. The molecular formula is C16H27IN4O4S. The van der Waals surface area contributed by atoms with Crippen LogP contribution in [0, 0.1) is 0 Å². The normalized spacial score (nSPS) is 12.5. The van der Waals surface area contributed by atoms with Gasteiger partial charge in [-0.25, -0.2) is 13.2 Å². The maximum atomic E-state index is 11.2. The number of rotatable bonds is 7. The Bertz CT molecular complexity index is 693. The van der Waals surface area contributed by atoms with Crippen LogP contribution in [0.2, 0.25) is 0 Å². The van der Waals surface area contributed by atoms with Crippen LogP contribution in [0.5, 0.6) is 0 Å². The summed E-state index contributed by atoms with van der Waals surface area (Å²) in [5.41, 5.74) is 1.65. The summed E-state index contributed by atoms with van der Waals surface area (Å²) in [6.45, 7) is 2.45. The highest BCUT2D eigenvalue weighted by Gasteiger charge is 2.09. The number of hydrogen-bond acceptors (Lipinski definition) is 5. The summed E-state index contributed by atoms with van der Waals surface area (Å²) in [7, 11) is -0.00744. The van der Waals surface area contributed by atoms with Crippen molar-refractivity contribution in [2.24, 2.45) is 4.99 Å². The second-order valence-electron chi connectivity index (χ2n) is 5.70. The van der Waals surface area contributed by atoms with Crippen LogP contribution < -0.4 is 16.0 Å². The highest BCUT2D eigenvalue weighted by atomic mass is 127. The van der Waals surface area contributed by atoms with Gasteiger partial charge in [0.25, 0.3) is 0 Å². The quantitative estimate of drug-likeness (QED) is 0.302. The molecule has 0 aliphatic carbocycles. The third kappa shape index (κ3) is 10.4. The van der Waals surface area contributed by atoms with Crippen molar-refractivity contribution in [3.05, 3.63) is 29.8 Å². The minimum atomic E-state index is -2.97. The van der Waals surface area contributed by atoms with Crippen molar-refractivity contribution in [3.63, 3.8) is 0 Å². The van der Waals surface area contributed by atoms with Crippen LogP contribution in [0.3, 0.4) is 0 Å². The smallest absolute Gasteiger partial charge is 0.411 e. The topological polar surface area (TPSA) is 109 Å². The largest absolute Gasteiger partial charge is 0.453 e. The molecule has 0 fully saturated rings. The number of hydrogen-bond donors (Lipinski definition) is 3. The van der Waals surface area contributed by atoms with Crippen LogP contribution in [0.15, 0.2) is 29.3 Å². The zero-order valence-electron chi connectivity index (χ0n) is 15.4. The summed E-state index contributed by atoms with van der Waals surface area (Å²) >= 11 is 0. The Morgan fingerprint density at radius 2 is 1.88 bits per heavy atom. The minimum absolute atomic E-state index is 0. The van der Waals surface area contributed by atoms with Gasteiger partial charge in [-0.2, -0.15) is 0 Å². The Morgan fingerprint density at radius 1 is 1.27 bits per heavy atom. The third-order valence-electron chi connectivity index (χ3n) is 3.37. The first-order chi connectivity index (χ1) is 11.7. The van der Waals surface area contributed by atoms with Crippen molar-refractivity contribution < 1.29 is 17.9 Å². The van der Waals surface area contributed by atoms with Gasteiger partial charge >= 0.3 is 6.09 Å².